The minimum atomic E-state index is -0.0364. The van der Waals surface area contributed by atoms with E-state index in [9.17, 15) is 9.59 Å². The summed E-state index contributed by atoms with van der Waals surface area (Å²) in [5.41, 5.74) is 4.13. The second kappa shape index (κ2) is 7.21. The molecule has 5 rings (SSSR count). The average Bonchev–Trinajstić information content (AvgIpc) is 2.77. The lowest BCUT2D eigenvalue weighted by atomic mass is 9.88. The molecule has 0 fully saturated rings. The molecule has 4 nitrogen and oxygen atoms in total. The topological polar surface area (TPSA) is 51.1 Å². The van der Waals surface area contributed by atoms with Crippen LogP contribution in [0.3, 0.4) is 0 Å². The number of aromatic nitrogens is 1. The highest BCUT2D eigenvalue weighted by Crippen LogP contribution is 2.29. The minimum absolute atomic E-state index is 0.00839. The molecular formula is C25H22N2O2. The number of hydrogen-bond donors (Lipinski definition) is 1. The molecule has 4 aromatic rings. The first-order valence-corrected chi connectivity index (χ1v) is 10.1. The van der Waals surface area contributed by atoms with Crippen LogP contribution >= 0.6 is 0 Å². The largest absolute Gasteiger partial charge is 0.348 e. The molecule has 0 bridgehead atoms. The Morgan fingerprint density at radius 2 is 1.52 bits per heavy atom. The quantitative estimate of drug-likeness (QED) is 0.536. The molecule has 0 spiro atoms. The molecule has 1 aliphatic carbocycles. The third kappa shape index (κ3) is 3.11. The van der Waals surface area contributed by atoms with Gasteiger partial charge in [-0.15, -0.1) is 0 Å². The number of pyridine rings is 1. The van der Waals surface area contributed by atoms with Crippen molar-refractivity contribution in [2.75, 3.05) is 0 Å². The highest BCUT2D eigenvalue weighted by Gasteiger charge is 2.22. The number of carbonyl (C=O) groups excluding carboxylic acids is 1. The van der Waals surface area contributed by atoms with Crippen molar-refractivity contribution in [3.63, 3.8) is 0 Å². The van der Waals surface area contributed by atoms with Gasteiger partial charge in [0.15, 0.2) is 5.43 Å². The molecule has 1 heterocycles. The third-order valence-corrected chi connectivity index (χ3v) is 5.89. The van der Waals surface area contributed by atoms with Crippen LogP contribution in [0.5, 0.6) is 0 Å². The number of carbonyl (C=O) groups is 1. The molecule has 4 heteroatoms. The monoisotopic (exact) mass is 382 g/mol. The maximum absolute atomic E-state index is 13.1. The van der Waals surface area contributed by atoms with Gasteiger partial charge in [-0.05, 0) is 54.7 Å². The summed E-state index contributed by atoms with van der Waals surface area (Å²) in [6.45, 7) is 0.181. The third-order valence-electron chi connectivity index (χ3n) is 5.89. The summed E-state index contributed by atoms with van der Waals surface area (Å²) >= 11 is 0. The number of para-hydroxylation sites is 2. The first-order valence-electron chi connectivity index (χ1n) is 10.1. The van der Waals surface area contributed by atoms with Gasteiger partial charge >= 0.3 is 0 Å². The Balaban J connectivity index is 1.53. The van der Waals surface area contributed by atoms with Crippen molar-refractivity contribution in [1.29, 1.82) is 0 Å². The maximum Gasteiger partial charge on any atom is 0.240 e. The molecule has 144 valence electrons. The van der Waals surface area contributed by atoms with E-state index in [1.54, 1.807) is 0 Å². The van der Waals surface area contributed by atoms with Crippen LogP contribution in [0.25, 0.3) is 21.8 Å². The van der Waals surface area contributed by atoms with Crippen molar-refractivity contribution >= 4 is 27.7 Å². The van der Waals surface area contributed by atoms with Gasteiger partial charge in [0.05, 0.1) is 17.1 Å². The van der Waals surface area contributed by atoms with E-state index >= 15 is 0 Å². The van der Waals surface area contributed by atoms with Gasteiger partial charge in [-0.25, -0.2) is 0 Å². The maximum atomic E-state index is 13.1. The molecule has 29 heavy (non-hydrogen) atoms. The van der Waals surface area contributed by atoms with Gasteiger partial charge in [-0.1, -0.05) is 48.5 Å². The Hall–Kier alpha value is -3.40. The highest BCUT2D eigenvalue weighted by molar-refractivity contribution is 5.94. The van der Waals surface area contributed by atoms with Crippen molar-refractivity contribution in [3.05, 3.63) is 94.1 Å². The van der Waals surface area contributed by atoms with E-state index in [1.807, 2.05) is 59.2 Å². The highest BCUT2D eigenvalue weighted by atomic mass is 16.2. The standard InChI is InChI=1S/C25H22N2O2/c28-24(26-21-13-7-9-17-8-1-2-10-18(17)21)16-27-22-14-5-3-11-19(22)25(29)20-12-4-6-15-23(20)27/h1-6,8,10-12,14-15,21H,7,9,13,16H2,(H,26,28). The molecule has 1 aliphatic rings. The molecule has 1 unspecified atom stereocenters. The van der Waals surface area contributed by atoms with Crippen LogP contribution in [0.4, 0.5) is 0 Å². The summed E-state index contributed by atoms with van der Waals surface area (Å²) in [6, 6.07) is 23.4. The molecule has 1 atom stereocenters. The summed E-state index contributed by atoms with van der Waals surface area (Å²) in [4.78, 5) is 25.9. The minimum Gasteiger partial charge on any atom is -0.348 e. The molecule has 1 amide bonds. The number of amides is 1. The Bertz CT molecular complexity index is 1230. The van der Waals surface area contributed by atoms with Gasteiger partial charge in [0.25, 0.3) is 0 Å². The Morgan fingerprint density at radius 1 is 0.897 bits per heavy atom. The molecule has 1 N–H and O–H groups in total. The second-order valence-corrected chi connectivity index (χ2v) is 7.66. The smallest absolute Gasteiger partial charge is 0.240 e. The van der Waals surface area contributed by atoms with E-state index < -0.39 is 0 Å². The van der Waals surface area contributed by atoms with Gasteiger partial charge in [0.1, 0.15) is 6.54 Å². The summed E-state index contributed by atoms with van der Waals surface area (Å²) < 4.78 is 1.95. The lowest BCUT2D eigenvalue weighted by molar-refractivity contribution is -0.122. The number of fused-ring (bicyclic) bond motifs is 3. The van der Waals surface area contributed by atoms with E-state index in [1.165, 1.54) is 11.1 Å². The number of rotatable bonds is 3. The van der Waals surface area contributed by atoms with Crippen LogP contribution in [-0.2, 0) is 17.8 Å². The number of aryl methyl sites for hydroxylation is 1. The fourth-order valence-electron chi connectivity index (χ4n) is 4.53. The van der Waals surface area contributed by atoms with E-state index in [2.05, 4.69) is 23.5 Å². The summed E-state index contributed by atoms with van der Waals surface area (Å²) in [5, 5.41) is 4.51. The molecule has 0 radical (unpaired) electrons. The fraction of sp³-hybridized carbons (Fsp3) is 0.200. The Kier molecular flexibility index (Phi) is 4.39. The van der Waals surface area contributed by atoms with Crippen molar-refractivity contribution in [1.82, 2.24) is 9.88 Å². The molecule has 0 saturated carbocycles. The van der Waals surface area contributed by atoms with Crippen LogP contribution in [0.15, 0.2) is 77.6 Å². The van der Waals surface area contributed by atoms with Gasteiger partial charge in [-0.3, -0.25) is 9.59 Å². The summed E-state index contributed by atoms with van der Waals surface area (Å²) in [6.07, 6.45) is 3.10. The Labute approximate surface area is 168 Å². The van der Waals surface area contributed by atoms with E-state index in [4.69, 9.17) is 0 Å². The number of nitrogens with one attached hydrogen (secondary N) is 1. The van der Waals surface area contributed by atoms with Crippen LogP contribution in [-0.4, -0.2) is 10.5 Å². The SMILES string of the molecule is O=C(Cn1c2ccccc2c(=O)c2ccccc21)NC1CCCc2ccccc21. The molecular weight excluding hydrogens is 360 g/mol. The zero-order valence-electron chi connectivity index (χ0n) is 16.1. The predicted octanol–water partition coefficient (Wildman–Crippen LogP) is 4.35. The van der Waals surface area contributed by atoms with Crippen molar-refractivity contribution in [2.24, 2.45) is 0 Å². The van der Waals surface area contributed by atoms with Gasteiger partial charge in [0, 0.05) is 10.8 Å². The second-order valence-electron chi connectivity index (χ2n) is 7.66. The predicted molar refractivity (Wildman–Crippen MR) is 116 cm³/mol. The van der Waals surface area contributed by atoms with Gasteiger partial charge in [0.2, 0.25) is 5.91 Å². The number of hydrogen-bond acceptors (Lipinski definition) is 2. The molecule has 0 aliphatic heterocycles. The van der Waals surface area contributed by atoms with Crippen LogP contribution in [0, 0.1) is 0 Å². The fourth-order valence-corrected chi connectivity index (χ4v) is 4.53. The van der Waals surface area contributed by atoms with Crippen LogP contribution < -0.4 is 10.7 Å². The molecule has 3 aromatic carbocycles. The molecule has 0 saturated heterocycles. The van der Waals surface area contributed by atoms with E-state index in [0.717, 1.165) is 30.3 Å². The van der Waals surface area contributed by atoms with E-state index in [-0.39, 0.29) is 23.9 Å². The van der Waals surface area contributed by atoms with E-state index in [0.29, 0.717) is 10.8 Å². The zero-order chi connectivity index (χ0) is 19.8. The summed E-state index contributed by atoms with van der Waals surface area (Å²) in [5.74, 6) is -0.0364. The number of nitrogens with zero attached hydrogens (tertiary/aromatic N) is 1. The lowest BCUT2D eigenvalue weighted by Gasteiger charge is -2.26. The molecule has 1 aromatic heterocycles. The van der Waals surface area contributed by atoms with Crippen LogP contribution in [0.2, 0.25) is 0 Å². The van der Waals surface area contributed by atoms with Crippen molar-refractivity contribution in [3.8, 4) is 0 Å². The first kappa shape index (κ1) is 17.7. The first-order chi connectivity index (χ1) is 14.2. The van der Waals surface area contributed by atoms with Gasteiger partial charge < -0.3 is 9.88 Å². The Morgan fingerprint density at radius 3 is 2.24 bits per heavy atom. The lowest BCUT2D eigenvalue weighted by Crippen LogP contribution is -2.33. The van der Waals surface area contributed by atoms with Crippen molar-refractivity contribution < 1.29 is 4.79 Å². The zero-order valence-corrected chi connectivity index (χ0v) is 16.1. The number of benzene rings is 3. The van der Waals surface area contributed by atoms with Gasteiger partial charge in [-0.2, -0.15) is 0 Å². The van der Waals surface area contributed by atoms with Crippen LogP contribution in [0.1, 0.15) is 30.0 Å². The van der Waals surface area contributed by atoms with Crippen molar-refractivity contribution in [2.45, 2.75) is 31.8 Å². The average molecular weight is 382 g/mol. The normalized spacial score (nSPS) is 15.9. The summed E-state index contributed by atoms with van der Waals surface area (Å²) in [7, 11) is 0.